The Hall–Kier alpha value is -2.70. The van der Waals surface area contributed by atoms with Gasteiger partial charge in [-0.3, -0.25) is 4.79 Å². The molecule has 2 aromatic carbocycles. The third-order valence-electron chi connectivity index (χ3n) is 4.37. The Morgan fingerprint density at radius 2 is 1.97 bits per heavy atom. The van der Waals surface area contributed by atoms with Crippen LogP contribution in [0, 0.1) is 11.3 Å². The van der Waals surface area contributed by atoms with Crippen LogP contribution in [-0.4, -0.2) is 29.6 Å². The van der Waals surface area contributed by atoms with Crippen LogP contribution in [0.5, 0.6) is 11.5 Å². The van der Waals surface area contributed by atoms with Crippen LogP contribution in [-0.2, 0) is 5.41 Å². The van der Waals surface area contributed by atoms with E-state index in [2.05, 4.69) is 37.0 Å². The third kappa shape index (κ3) is 4.97. The number of aromatic nitrogens is 2. The molecule has 0 aliphatic rings. The number of halogens is 2. The molecule has 1 heterocycles. The van der Waals surface area contributed by atoms with Gasteiger partial charge in [0.2, 0.25) is 0 Å². The van der Waals surface area contributed by atoms with E-state index in [1.807, 2.05) is 39.0 Å². The Morgan fingerprint density at radius 1 is 1.23 bits per heavy atom. The molecule has 160 valence electrons. The van der Waals surface area contributed by atoms with Gasteiger partial charge in [-0.1, -0.05) is 36.7 Å². The second kappa shape index (κ2) is 9.20. The molecule has 0 unspecified atom stereocenters. The van der Waals surface area contributed by atoms with Crippen molar-refractivity contribution in [3.05, 3.63) is 61.0 Å². The predicted molar refractivity (Wildman–Crippen MR) is 127 cm³/mol. The van der Waals surface area contributed by atoms with Crippen molar-refractivity contribution < 1.29 is 9.47 Å². The molecule has 31 heavy (non-hydrogen) atoms. The number of ether oxygens (including phenoxy) is 2. The lowest BCUT2D eigenvalue weighted by atomic mass is 9.95. The van der Waals surface area contributed by atoms with E-state index in [9.17, 15) is 4.79 Å². The molecular weight excluding hydrogens is 528 g/mol. The van der Waals surface area contributed by atoms with Crippen molar-refractivity contribution in [3.63, 3.8) is 0 Å². The molecular formula is C22H20Br2N4O3. The van der Waals surface area contributed by atoms with E-state index in [4.69, 9.17) is 19.7 Å². The molecule has 0 saturated heterocycles. The first-order valence-corrected chi connectivity index (χ1v) is 10.9. The van der Waals surface area contributed by atoms with Crippen LogP contribution in [0.4, 0.5) is 0 Å². The van der Waals surface area contributed by atoms with Gasteiger partial charge in [0.05, 0.1) is 24.2 Å². The molecule has 7 nitrogen and oxygen atoms in total. The second-order valence-electron chi connectivity index (χ2n) is 7.68. The summed E-state index contributed by atoms with van der Waals surface area (Å²) in [5.41, 5.74) is 0.611. The Morgan fingerprint density at radius 3 is 2.61 bits per heavy atom. The first-order chi connectivity index (χ1) is 14.7. The van der Waals surface area contributed by atoms with E-state index in [-0.39, 0.29) is 12.2 Å². The third-order valence-corrected chi connectivity index (χ3v) is 5.55. The molecule has 0 fully saturated rings. The van der Waals surface area contributed by atoms with Crippen molar-refractivity contribution in [2.24, 2.45) is 5.10 Å². The minimum absolute atomic E-state index is 0.0983. The minimum Gasteiger partial charge on any atom is -0.493 e. The maximum atomic E-state index is 13.3. The summed E-state index contributed by atoms with van der Waals surface area (Å²) in [6, 6.07) is 10.7. The molecule has 0 amide bonds. The molecule has 0 spiro atoms. The van der Waals surface area contributed by atoms with E-state index in [0.29, 0.717) is 38.3 Å². The normalized spacial score (nSPS) is 11.6. The van der Waals surface area contributed by atoms with Crippen molar-refractivity contribution in [1.82, 2.24) is 9.66 Å². The highest BCUT2D eigenvalue weighted by Crippen LogP contribution is 2.33. The standard InChI is InChI=1S/C22H20Br2N4O3/c1-22(2,3)21-27-17-6-5-14(23)10-15(17)20(29)28(21)26-12-13-9-18(30-4)19(11-16(13)24)31-8-7-25/h5-6,9-12H,8H2,1-4H3. The van der Waals surface area contributed by atoms with Crippen LogP contribution in [0.2, 0.25) is 0 Å². The summed E-state index contributed by atoms with van der Waals surface area (Å²) in [5, 5.41) is 13.7. The monoisotopic (exact) mass is 546 g/mol. The zero-order chi connectivity index (χ0) is 22.8. The Kier molecular flexibility index (Phi) is 6.82. The quantitative estimate of drug-likeness (QED) is 0.419. The van der Waals surface area contributed by atoms with Gasteiger partial charge in [-0.15, -0.1) is 0 Å². The maximum Gasteiger partial charge on any atom is 0.282 e. The first-order valence-electron chi connectivity index (χ1n) is 9.30. The number of benzene rings is 2. The molecule has 0 bridgehead atoms. The molecule has 9 heteroatoms. The zero-order valence-electron chi connectivity index (χ0n) is 17.4. The van der Waals surface area contributed by atoms with Crippen LogP contribution in [0.1, 0.15) is 32.2 Å². The fraction of sp³-hybridized carbons (Fsp3) is 0.273. The Labute approximate surface area is 196 Å². The minimum atomic E-state index is -0.415. The lowest BCUT2D eigenvalue weighted by Gasteiger charge is -2.21. The summed E-state index contributed by atoms with van der Waals surface area (Å²) in [5.74, 6) is 1.42. The summed E-state index contributed by atoms with van der Waals surface area (Å²) in [6.45, 7) is 5.84. The predicted octanol–water partition coefficient (Wildman–Crippen LogP) is 5.01. The highest BCUT2D eigenvalue weighted by Gasteiger charge is 2.23. The summed E-state index contributed by atoms with van der Waals surface area (Å²) >= 11 is 6.89. The van der Waals surface area contributed by atoms with Gasteiger partial charge in [0, 0.05) is 19.9 Å². The average molecular weight is 548 g/mol. The van der Waals surface area contributed by atoms with Gasteiger partial charge in [-0.25, -0.2) is 4.98 Å². The molecule has 3 aromatic rings. The molecule has 0 atom stereocenters. The zero-order valence-corrected chi connectivity index (χ0v) is 20.6. The molecule has 0 aliphatic carbocycles. The lowest BCUT2D eigenvalue weighted by molar-refractivity contribution is 0.329. The van der Waals surface area contributed by atoms with Gasteiger partial charge >= 0.3 is 0 Å². The van der Waals surface area contributed by atoms with Crippen LogP contribution in [0.25, 0.3) is 10.9 Å². The van der Waals surface area contributed by atoms with Gasteiger partial charge < -0.3 is 9.47 Å². The largest absolute Gasteiger partial charge is 0.493 e. The van der Waals surface area contributed by atoms with E-state index in [1.54, 1.807) is 24.4 Å². The maximum absolute atomic E-state index is 13.3. The average Bonchev–Trinajstić information content (AvgIpc) is 2.72. The summed E-state index contributed by atoms with van der Waals surface area (Å²) in [6.07, 6.45) is 1.56. The fourth-order valence-corrected chi connectivity index (χ4v) is 3.68. The van der Waals surface area contributed by atoms with E-state index >= 15 is 0 Å². The van der Waals surface area contributed by atoms with Gasteiger partial charge in [-0.2, -0.15) is 15.0 Å². The first kappa shape index (κ1) is 23.0. The lowest BCUT2D eigenvalue weighted by Crippen LogP contribution is -2.29. The van der Waals surface area contributed by atoms with Gasteiger partial charge in [0.25, 0.3) is 5.56 Å². The molecule has 0 saturated carbocycles. The van der Waals surface area contributed by atoms with Crippen LogP contribution in [0.15, 0.2) is 49.2 Å². The number of hydrogen-bond acceptors (Lipinski definition) is 6. The van der Waals surface area contributed by atoms with Gasteiger partial charge in [0.15, 0.2) is 18.1 Å². The van der Waals surface area contributed by atoms with Crippen LogP contribution >= 0.6 is 31.9 Å². The van der Waals surface area contributed by atoms with Crippen molar-refractivity contribution in [2.45, 2.75) is 26.2 Å². The van der Waals surface area contributed by atoms with Crippen LogP contribution < -0.4 is 15.0 Å². The highest BCUT2D eigenvalue weighted by atomic mass is 79.9. The molecule has 3 rings (SSSR count). The Bertz CT molecular complexity index is 1270. The van der Waals surface area contributed by atoms with Gasteiger partial charge in [0.1, 0.15) is 11.9 Å². The number of fused-ring (bicyclic) bond motifs is 1. The van der Waals surface area contributed by atoms with E-state index < -0.39 is 5.41 Å². The van der Waals surface area contributed by atoms with E-state index in [0.717, 1.165) is 4.47 Å². The second-order valence-corrected chi connectivity index (χ2v) is 9.45. The fourth-order valence-electron chi connectivity index (χ4n) is 2.89. The van der Waals surface area contributed by atoms with Crippen molar-refractivity contribution in [1.29, 1.82) is 5.26 Å². The van der Waals surface area contributed by atoms with Crippen LogP contribution in [0.3, 0.4) is 0 Å². The van der Waals surface area contributed by atoms with Crippen molar-refractivity contribution >= 4 is 49.0 Å². The molecule has 0 aliphatic heterocycles. The van der Waals surface area contributed by atoms with Crippen molar-refractivity contribution in [2.75, 3.05) is 13.7 Å². The summed E-state index contributed by atoms with van der Waals surface area (Å²) in [4.78, 5) is 18.0. The number of methoxy groups -OCH3 is 1. The van der Waals surface area contributed by atoms with Crippen molar-refractivity contribution in [3.8, 4) is 17.6 Å². The number of hydrogen-bond donors (Lipinski definition) is 0. The van der Waals surface area contributed by atoms with E-state index in [1.165, 1.54) is 11.8 Å². The molecule has 0 radical (unpaired) electrons. The molecule has 0 N–H and O–H groups in total. The van der Waals surface area contributed by atoms with Gasteiger partial charge in [-0.05, 0) is 46.3 Å². The topological polar surface area (TPSA) is 89.5 Å². The highest BCUT2D eigenvalue weighted by molar-refractivity contribution is 9.10. The Balaban J connectivity index is 2.16. The SMILES string of the molecule is COc1cc(C=Nn2c(C(C)(C)C)nc3ccc(Br)cc3c2=O)c(Br)cc1OCC#N. The number of nitrogens with zero attached hydrogens (tertiary/aromatic N) is 4. The number of nitriles is 1. The summed E-state index contributed by atoms with van der Waals surface area (Å²) in [7, 11) is 1.51. The molecule has 1 aromatic heterocycles. The smallest absolute Gasteiger partial charge is 0.282 e. The summed E-state index contributed by atoms with van der Waals surface area (Å²) < 4.78 is 13.5. The number of rotatable bonds is 5.